The number of hydrogen-bond acceptors (Lipinski definition) is 4. The van der Waals surface area contributed by atoms with Gasteiger partial charge in [0.1, 0.15) is 17.4 Å². The van der Waals surface area contributed by atoms with E-state index in [-0.39, 0.29) is 0 Å². The van der Waals surface area contributed by atoms with Gasteiger partial charge in [-0.15, -0.1) is 0 Å². The van der Waals surface area contributed by atoms with Crippen LogP contribution < -0.4 is 4.74 Å². The first-order valence-corrected chi connectivity index (χ1v) is 5.70. The molecule has 1 aromatic carbocycles. The van der Waals surface area contributed by atoms with Crippen molar-refractivity contribution in [3.8, 4) is 22.9 Å². The molecule has 5 heteroatoms. The minimum atomic E-state index is 0.473. The lowest BCUT2D eigenvalue weighted by Gasteiger charge is -2.04. The Morgan fingerprint density at radius 2 is 1.95 bits per heavy atom. The molecule has 0 aliphatic rings. The molecular formula is C14H10N4O. The van der Waals surface area contributed by atoms with Crippen LogP contribution in [0, 0.1) is 11.3 Å². The zero-order chi connectivity index (χ0) is 13.2. The van der Waals surface area contributed by atoms with E-state index in [0.717, 1.165) is 16.9 Å². The summed E-state index contributed by atoms with van der Waals surface area (Å²) in [5, 5.41) is 13.0. The van der Waals surface area contributed by atoms with Crippen LogP contribution in [0.1, 0.15) is 5.56 Å². The molecule has 0 saturated heterocycles. The van der Waals surface area contributed by atoms with Crippen molar-refractivity contribution in [1.29, 1.82) is 5.26 Å². The van der Waals surface area contributed by atoms with Gasteiger partial charge >= 0.3 is 0 Å². The van der Waals surface area contributed by atoms with Gasteiger partial charge in [-0.2, -0.15) is 10.4 Å². The van der Waals surface area contributed by atoms with E-state index in [2.05, 4.69) is 16.2 Å². The Morgan fingerprint density at radius 3 is 2.63 bits per heavy atom. The van der Waals surface area contributed by atoms with Gasteiger partial charge in [0.25, 0.3) is 0 Å². The second kappa shape index (κ2) is 4.42. The van der Waals surface area contributed by atoms with E-state index in [1.807, 2.05) is 30.5 Å². The van der Waals surface area contributed by atoms with Gasteiger partial charge in [-0.05, 0) is 17.7 Å². The van der Waals surface area contributed by atoms with E-state index < -0.39 is 0 Å². The Bertz CT molecular complexity index is 768. The largest absolute Gasteiger partial charge is 0.497 e. The SMILES string of the molecule is COc1ccc(-c2cnc3c(C#N)cnn3c2)cc1. The number of fused-ring (bicyclic) bond motifs is 1. The summed E-state index contributed by atoms with van der Waals surface area (Å²) >= 11 is 0. The summed E-state index contributed by atoms with van der Waals surface area (Å²) in [7, 11) is 1.63. The zero-order valence-corrected chi connectivity index (χ0v) is 10.2. The van der Waals surface area contributed by atoms with Crippen molar-refractivity contribution in [2.75, 3.05) is 7.11 Å². The van der Waals surface area contributed by atoms with E-state index in [9.17, 15) is 0 Å². The normalized spacial score (nSPS) is 10.3. The number of aromatic nitrogens is 3. The standard InChI is InChI=1S/C14H10N4O/c1-19-13-4-2-10(3-5-13)12-7-16-14-11(6-15)8-17-18(14)9-12/h2-5,7-9H,1H3. The summed E-state index contributed by atoms with van der Waals surface area (Å²) in [6, 6.07) is 9.76. The molecule has 92 valence electrons. The predicted molar refractivity (Wildman–Crippen MR) is 69.7 cm³/mol. The second-order valence-corrected chi connectivity index (χ2v) is 4.01. The topological polar surface area (TPSA) is 63.2 Å². The van der Waals surface area contributed by atoms with Crippen molar-refractivity contribution in [2.24, 2.45) is 0 Å². The van der Waals surface area contributed by atoms with Gasteiger partial charge < -0.3 is 4.74 Å². The molecule has 3 aromatic rings. The van der Waals surface area contributed by atoms with E-state index in [0.29, 0.717) is 11.2 Å². The third-order valence-corrected chi connectivity index (χ3v) is 2.90. The molecule has 0 aliphatic heterocycles. The molecule has 2 heterocycles. The number of benzene rings is 1. The van der Waals surface area contributed by atoms with Crippen LogP contribution in [-0.4, -0.2) is 21.7 Å². The van der Waals surface area contributed by atoms with E-state index in [4.69, 9.17) is 10.00 Å². The van der Waals surface area contributed by atoms with Crippen molar-refractivity contribution in [3.05, 3.63) is 48.4 Å². The summed E-state index contributed by atoms with van der Waals surface area (Å²) in [6.07, 6.45) is 5.10. The fraction of sp³-hybridized carbons (Fsp3) is 0.0714. The average Bonchev–Trinajstić information content (AvgIpc) is 2.89. The van der Waals surface area contributed by atoms with Crippen LogP contribution >= 0.6 is 0 Å². The maximum absolute atomic E-state index is 8.91. The van der Waals surface area contributed by atoms with E-state index in [1.165, 1.54) is 6.20 Å². The summed E-state index contributed by atoms with van der Waals surface area (Å²) in [5.74, 6) is 0.809. The lowest BCUT2D eigenvalue weighted by atomic mass is 10.1. The Hall–Kier alpha value is -2.87. The molecule has 0 atom stereocenters. The van der Waals surface area contributed by atoms with Crippen LogP contribution in [0.15, 0.2) is 42.9 Å². The highest BCUT2D eigenvalue weighted by molar-refractivity contribution is 5.65. The smallest absolute Gasteiger partial charge is 0.172 e. The molecule has 2 aromatic heterocycles. The number of hydrogen-bond donors (Lipinski definition) is 0. The summed E-state index contributed by atoms with van der Waals surface area (Å²) in [6.45, 7) is 0. The second-order valence-electron chi connectivity index (χ2n) is 4.01. The first-order valence-electron chi connectivity index (χ1n) is 5.70. The molecule has 19 heavy (non-hydrogen) atoms. The van der Waals surface area contributed by atoms with Gasteiger partial charge in [-0.25, -0.2) is 9.50 Å². The summed E-state index contributed by atoms with van der Waals surface area (Å²) in [4.78, 5) is 4.28. The summed E-state index contributed by atoms with van der Waals surface area (Å²) in [5.41, 5.74) is 2.99. The van der Waals surface area contributed by atoms with Crippen LogP contribution in [0.5, 0.6) is 5.75 Å². The average molecular weight is 250 g/mol. The number of nitrogens with zero attached hydrogens (tertiary/aromatic N) is 4. The highest BCUT2D eigenvalue weighted by atomic mass is 16.5. The molecule has 0 amide bonds. The molecule has 5 nitrogen and oxygen atoms in total. The molecular weight excluding hydrogens is 240 g/mol. The molecule has 0 spiro atoms. The van der Waals surface area contributed by atoms with Crippen LogP contribution in [0.3, 0.4) is 0 Å². The fourth-order valence-electron chi connectivity index (χ4n) is 1.89. The van der Waals surface area contributed by atoms with Crippen LogP contribution in [0.25, 0.3) is 16.8 Å². The van der Waals surface area contributed by atoms with Crippen molar-refractivity contribution >= 4 is 5.65 Å². The first-order chi connectivity index (χ1) is 9.31. The molecule has 0 saturated carbocycles. The predicted octanol–water partition coefficient (Wildman–Crippen LogP) is 2.28. The molecule has 0 fully saturated rings. The molecule has 0 radical (unpaired) electrons. The maximum atomic E-state index is 8.91. The molecule has 3 rings (SSSR count). The third-order valence-electron chi connectivity index (χ3n) is 2.90. The lowest BCUT2D eigenvalue weighted by molar-refractivity contribution is 0.415. The Labute approximate surface area is 109 Å². The zero-order valence-electron chi connectivity index (χ0n) is 10.2. The van der Waals surface area contributed by atoms with Crippen molar-refractivity contribution < 1.29 is 4.74 Å². The minimum Gasteiger partial charge on any atom is -0.497 e. The van der Waals surface area contributed by atoms with Gasteiger partial charge in [-0.1, -0.05) is 12.1 Å². The molecule has 0 unspecified atom stereocenters. The quantitative estimate of drug-likeness (QED) is 0.700. The van der Waals surface area contributed by atoms with Crippen molar-refractivity contribution in [3.63, 3.8) is 0 Å². The van der Waals surface area contributed by atoms with Gasteiger partial charge in [0.05, 0.1) is 13.3 Å². The van der Waals surface area contributed by atoms with Gasteiger partial charge in [-0.3, -0.25) is 0 Å². The summed E-state index contributed by atoms with van der Waals surface area (Å²) < 4.78 is 6.73. The number of nitriles is 1. The van der Waals surface area contributed by atoms with E-state index in [1.54, 1.807) is 17.8 Å². The van der Waals surface area contributed by atoms with Crippen molar-refractivity contribution in [2.45, 2.75) is 0 Å². The third kappa shape index (κ3) is 1.89. The highest BCUT2D eigenvalue weighted by Gasteiger charge is 2.06. The van der Waals surface area contributed by atoms with Crippen LogP contribution in [0.4, 0.5) is 0 Å². The maximum Gasteiger partial charge on any atom is 0.172 e. The van der Waals surface area contributed by atoms with E-state index >= 15 is 0 Å². The molecule has 0 aliphatic carbocycles. The molecule has 0 bridgehead atoms. The Morgan fingerprint density at radius 1 is 1.16 bits per heavy atom. The number of ether oxygens (including phenoxy) is 1. The number of methoxy groups -OCH3 is 1. The Kier molecular flexibility index (Phi) is 2.62. The Balaban J connectivity index is 2.07. The van der Waals surface area contributed by atoms with Crippen LogP contribution in [0.2, 0.25) is 0 Å². The monoisotopic (exact) mass is 250 g/mol. The highest BCUT2D eigenvalue weighted by Crippen LogP contribution is 2.22. The first kappa shape index (κ1) is 11.2. The number of rotatable bonds is 2. The molecule has 0 N–H and O–H groups in total. The van der Waals surface area contributed by atoms with Crippen LogP contribution in [-0.2, 0) is 0 Å². The van der Waals surface area contributed by atoms with Gasteiger partial charge in [0, 0.05) is 18.0 Å². The lowest BCUT2D eigenvalue weighted by Crippen LogP contribution is -1.92. The fourth-order valence-corrected chi connectivity index (χ4v) is 1.89. The van der Waals surface area contributed by atoms with Gasteiger partial charge in [0.2, 0.25) is 0 Å². The van der Waals surface area contributed by atoms with Gasteiger partial charge in [0.15, 0.2) is 5.65 Å². The van der Waals surface area contributed by atoms with Crippen molar-refractivity contribution in [1.82, 2.24) is 14.6 Å². The minimum absolute atomic E-state index is 0.473.